The number of nitrogens with one attached hydrogen (secondary N) is 1. The minimum atomic E-state index is -0.385. The standard InChI is InChI=1S/C23H20ClN3O4/c24-18-8-6-16(7-9-18)22(29)26-10-12-27(13-11-26)23(30)17-3-1-4-19(15-17)25-21(28)20-5-2-14-31-20/h1-9,14-15H,10-13H2,(H,25,28). The van der Waals surface area contributed by atoms with Gasteiger partial charge in [0.2, 0.25) is 0 Å². The van der Waals surface area contributed by atoms with Gasteiger partial charge in [-0.3, -0.25) is 14.4 Å². The molecule has 1 aromatic heterocycles. The maximum absolute atomic E-state index is 12.9. The van der Waals surface area contributed by atoms with Gasteiger partial charge in [0.1, 0.15) is 0 Å². The summed E-state index contributed by atoms with van der Waals surface area (Å²) in [5, 5.41) is 3.30. The molecule has 0 spiro atoms. The van der Waals surface area contributed by atoms with E-state index in [0.29, 0.717) is 48.0 Å². The number of carbonyl (C=O) groups excluding carboxylic acids is 3. The zero-order valence-electron chi connectivity index (χ0n) is 16.6. The summed E-state index contributed by atoms with van der Waals surface area (Å²) in [6, 6.07) is 16.7. The molecule has 7 nitrogen and oxygen atoms in total. The average Bonchev–Trinajstić information content (AvgIpc) is 3.34. The highest BCUT2D eigenvalue weighted by atomic mass is 35.5. The number of benzene rings is 2. The Kier molecular flexibility index (Phi) is 6.04. The first-order chi connectivity index (χ1) is 15.0. The van der Waals surface area contributed by atoms with E-state index in [-0.39, 0.29) is 23.5 Å². The van der Waals surface area contributed by atoms with Crippen LogP contribution in [-0.4, -0.2) is 53.7 Å². The van der Waals surface area contributed by atoms with E-state index in [1.54, 1.807) is 70.5 Å². The van der Waals surface area contributed by atoms with E-state index in [2.05, 4.69) is 5.32 Å². The van der Waals surface area contributed by atoms with Crippen LogP contribution in [0.1, 0.15) is 31.3 Å². The molecule has 4 rings (SSSR count). The van der Waals surface area contributed by atoms with Gasteiger partial charge in [0.25, 0.3) is 17.7 Å². The number of piperazine rings is 1. The third-order valence-electron chi connectivity index (χ3n) is 5.06. The topological polar surface area (TPSA) is 82.9 Å². The normalized spacial score (nSPS) is 13.7. The van der Waals surface area contributed by atoms with E-state index in [1.807, 2.05) is 0 Å². The quantitative estimate of drug-likeness (QED) is 0.673. The molecule has 158 valence electrons. The van der Waals surface area contributed by atoms with Crippen molar-refractivity contribution in [1.82, 2.24) is 9.80 Å². The Morgan fingerprint density at radius 1 is 0.806 bits per heavy atom. The molecular formula is C23H20ClN3O4. The average molecular weight is 438 g/mol. The van der Waals surface area contributed by atoms with E-state index in [1.165, 1.54) is 6.26 Å². The van der Waals surface area contributed by atoms with Gasteiger partial charge in [-0.2, -0.15) is 0 Å². The first-order valence-corrected chi connectivity index (χ1v) is 10.2. The van der Waals surface area contributed by atoms with Crippen LogP contribution in [0.3, 0.4) is 0 Å². The van der Waals surface area contributed by atoms with Crippen molar-refractivity contribution < 1.29 is 18.8 Å². The Morgan fingerprint density at radius 2 is 1.45 bits per heavy atom. The maximum atomic E-state index is 12.9. The molecule has 3 amide bonds. The zero-order chi connectivity index (χ0) is 21.8. The van der Waals surface area contributed by atoms with E-state index in [4.69, 9.17) is 16.0 Å². The predicted molar refractivity (Wildman–Crippen MR) is 116 cm³/mol. The number of amides is 3. The van der Waals surface area contributed by atoms with Gasteiger partial charge in [-0.25, -0.2) is 0 Å². The zero-order valence-corrected chi connectivity index (χ0v) is 17.3. The fourth-order valence-corrected chi connectivity index (χ4v) is 3.53. The van der Waals surface area contributed by atoms with Crippen molar-refractivity contribution in [3.05, 3.63) is 88.8 Å². The number of rotatable bonds is 4. The second-order valence-corrected chi connectivity index (χ2v) is 7.54. The van der Waals surface area contributed by atoms with Gasteiger partial charge in [0, 0.05) is 48.0 Å². The van der Waals surface area contributed by atoms with Crippen LogP contribution in [0.25, 0.3) is 0 Å². The van der Waals surface area contributed by atoms with Crippen LogP contribution in [0, 0.1) is 0 Å². The van der Waals surface area contributed by atoms with Gasteiger partial charge in [0.15, 0.2) is 5.76 Å². The summed E-state index contributed by atoms with van der Waals surface area (Å²) in [6.07, 6.45) is 1.42. The predicted octanol–water partition coefficient (Wildman–Crippen LogP) is 3.78. The van der Waals surface area contributed by atoms with Gasteiger partial charge >= 0.3 is 0 Å². The fraction of sp³-hybridized carbons (Fsp3) is 0.174. The van der Waals surface area contributed by atoms with Gasteiger partial charge in [0.05, 0.1) is 6.26 Å². The maximum Gasteiger partial charge on any atom is 0.291 e. The van der Waals surface area contributed by atoms with Gasteiger partial charge in [-0.05, 0) is 54.6 Å². The van der Waals surface area contributed by atoms with Crippen molar-refractivity contribution in [3.63, 3.8) is 0 Å². The summed E-state index contributed by atoms with van der Waals surface area (Å²) >= 11 is 5.88. The van der Waals surface area contributed by atoms with Crippen LogP contribution in [0.4, 0.5) is 5.69 Å². The molecule has 0 radical (unpaired) electrons. The lowest BCUT2D eigenvalue weighted by Gasteiger charge is -2.35. The third-order valence-corrected chi connectivity index (χ3v) is 5.31. The molecule has 0 saturated carbocycles. The van der Waals surface area contributed by atoms with E-state index >= 15 is 0 Å². The van der Waals surface area contributed by atoms with E-state index < -0.39 is 0 Å². The molecule has 1 aliphatic heterocycles. The molecule has 1 saturated heterocycles. The first-order valence-electron chi connectivity index (χ1n) is 9.80. The summed E-state index contributed by atoms with van der Waals surface area (Å²) in [5.41, 5.74) is 1.54. The third kappa shape index (κ3) is 4.78. The molecule has 0 bridgehead atoms. The second kappa shape index (κ2) is 9.06. The number of furan rings is 1. The molecule has 0 aliphatic carbocycles. The van der Waals surface area contributed by atoms with Crippen LogP contribution in [-0.2, 0) is 0 Å². The van der Waals surface area contributed by atoms with Crippen molar-refractivity contribution in [2.45, 2.75) is 0 Å². The van der Waals surface area contributed by atoms with Crippen LogP contribution >= 0.6 is 11.6 Å². The highest BCUT2D eigenvalue weighted by molar-refractivity contribution is 6.30. The summed E-state index contributed by atoms with van der Waals surface area (Å²) in [5.74, 6) is -0.416. The Labute approximate surface area is 184 Å². The van der Waals surface area contributed by atoms with Crippen molar-refractivity contribution in [3.8, 4) is 0 Å². The molecule has 1 N–H and O–H groups in total. The summed E-state index contributed by atoms with van der Waals surface area (Å²) in [4.78, 5) is 41.1. The van der Waals surface area contributed by atoms with Crippen LogP contribution < -0.4 is 5.32 Å². The van der Waals surface area contributed by atoms with Gasteiger partial charge < -0.3 is 19.5 Å². The first kappa shape index (κ1) is 20.7. The van der Waals surface area contributed by atoms with Crippen LogP contribution in [0.5, 0.6) is 0 Å². The lowest BCUT2D eigenvalue weighted by atomic mass is 10.1. The minimum absolute atomic E-state index is 0.0774. The lowest BCUT2D eigenvalue weighted by Crippen LogP contribution is -2.50. The van der Waals surface area contributed by atoms with E-state index in [0.717, 1.165) is 0 Å². The van der Waals surface area contributed by atoms with Gasteiger partial charge in [-0.15, -0.1) is 0 Å². The Morgan fingerprint density at radius 3 is 2.06 bits per heavy atom. The van der Waals surface area contributed by atoms with Crippen molar-refractivity contribution >= 4 is 35.0 Å². The number of hydrogen-bond donors (Lipinski definition) is 1. The Hall–Kier alpha value is -3.58. The fourth-order valence-electron chi connectivity index (χ4n) is 3.40. The van der Waals surface area contributed by atoms with Crippen molar-refractivity contribution in [2.24, 2.45) is 0 Å². The summed E-state index contributed by atoms with van der Waals surface area (Å²) in [7, 11) is 0. The SMILES string of the molecule is O=C(Nc1cccc(C(=O)N2CCN(C(=O)c3ccc(Cl)cc3)CC2)c1)c1ccco1. The molecule has 2 aromatic carbocycles. The molecule has 0 unspecified atom stereocenters. The summed E-state index contributed by atoms with van der Waals surface area (Å²) < 4.78 is 5.08. The smallest absolute Gasteiger partial charge is 0.291 e. The highest BCUT2D eigenvalue weighted by Gasteiger charge is 2.25. The Bertz CT molecular complexity index is 1090. The highest BCUT2D eigenvalue weighted by Crippen LogP contribution is 2.17. The largest absolute Gasteiger partial charge is 0.459 e. The monoisotopic (exact) mass is 437 g/mol. The molecule has 1 aliphatic rings. The van der Waals surface area contributed by atoms with Gasteiger partial charge in [-0.1, -0.05) is 17.7 Å². The number of hydrogen-bond acceptors (Lipinski definition) is 4. The van der Waals surface area contributed by atoms with Crippen LogP contribution in [0.2, 0.25) is 5.02 Å². The number of halogens is 1. The lowest BCUT2D eigenvalue weighted by molar-refractivity contribution is 0.0535. The molecule has 3 aromatic rings. The number of nitrogens with zero attached hydrogens (tertiary/aromatic N) is 2. The van der Waals surface area contributed by atoms with Crippen molar-refractivity contribution in [1.29, 1.82) is 0 Å². The molecule has 2 heterocycles. The molecule has 1 fully saturated rings. The van der Waals surface area contributed by atoms with Crippen molar-refractivity contribution in [2.75, 3.05) is 31.5 Å². The molecular weight excluding hydrogens is 418 g/mol. The number of anilines is 1. The molecule has 31 heavy (non-hydrogen) atoms. The molecule has 8 heteroatoms. The number of carbonyl (C=O) groups is 3. The van der Waals surface area contributed by atoms with Crippen LogP contribution in [0.15, 0.2) is 71.3 Å². The second-order valence-electron chi connectivity index (χ2n) is 7.10. The van der Waals surface area contributed by atoms with E-state index in [9.17, 15) is 14.4 Å². The Balaban J connectivity index is 1.37. The summed E-state index contributed by atoms with van der Waals surface area (Å²) in [6.45, 7) is 1.76. The molecule has 0 atom stereocenters. The minimum Gasteiger partial charge on any atom is -0.459 e.